The van der Waals surface area contributed by atoms with Crippen LogP contribution in [0.3, 0.4) is 0 Å². The Balaban J connectivity index is 4.33. The van der Waals surface area contributed by atoms with Crippen molar-refractivity contribution < 1.29 is 14.7 Å². The van der Waals surface area contributed by atoms with E-state index in [0.29, 0.717) is 18.9 Å². The van der Waals surface area contributed by atoms with Crippen molar-refractivity contribution in [2.75, 3.05) is 6.54 Å². The quantitative estimate of drug-likeness (QED) is 0.695. The number of carboxylic acids is 1. The molecule has 0 rings (SSSR count). The Hall–Kier alpha value is -1.26. The second kappa shape index (κ2) is 7.36. The minimum Gasteiger partial charge on any atom is -0.480 e. The summed E-state index contributed by atoms with van der Waals surface area (Å²) in [5.74, 6) is -0.776. The number of carbonyl (C=O) groups excluding carboxylic acids is 1. The van der Waals surface area contributed by atoms with Gasteiger partial charge in [-0.1, -0.05) is 48.0 Å². The molecule has 0 aliphatic heterocycles. The van der Waals surface area contributed by atoms with E-state index in [9.17, 15) is 9.59 Å². The highest BCUT2D eigenvalue weighted by Gasteiger charge is 2.26. The van der Waals surface area contributed by atoms with Crippen molar-refractivity contribution in [1.82, 2.24) is 10.6 Å². The molecule has 0 bridgehead atoms. The van der Waals surface area contributed by atoms with Gasteiger partial charge in [0.25, 0.3) is 0 Å². The maximum atomic E-state index is 11.7. The van der Waals surface area contributed by atoms with Crippen molar-refractivity contribution in [3.8, 4) is 0 Å². The lowest BCUT2D eigenvalue weighted by molar-refractivity contribution is -0.140. The second-order valence-electron chi connectivity index (χ2n) is 6.32. The number of urea groups is 1. The molecular weight excluding hydrogens is 244 g/mol. The summed E-state index contributed by atoms with van der Waals surface area (Å²) in [6, 6.07) is -1.25. The highest BCUT2D eigenvalue weighted by Crippen LogP contribution is 2.24. The van der Waals surface area contributed by atoms with Gasteiger partial charge in [0.15, 0.2) is 0 Å². The molecular formula is C14H28N2O3. The molecule has 0 saturated heterocycles. The lowest BCUT2D eigenvalue weighted by atomic mass is 9.82. The Morgan fingerprint density at radius 2 is 1.74 bits per heavy atom. The van der Waals surface area contributed by atoms with Crippen molar-refractivity contribution in [3.05, 3.63) is 0 Å². The van der Waals surface area contributed by atoms with E-state index < -0.39 is 18.0 Å². The Labute approximate surface area is 116 Å². The Morgan fingerprint density at radius 1 is 1.21 bits per heavy atom. The van der Waals surface area contributed by atoms with Crippen LogP contribution in [0.1, 0.15) is 48.0 Å². The summed E-state index contributed by atoms with van der Waals surface area (Å²) in [7, 11) is 0. The van der Waals surface area contributed by atoms with Gasteiger partial charge >= 0.3 is 12.0 Å². The molecule has 112 valence electrons. The van der Waals surface area contributed by atoms with Crippen LogP contribution in [0.4, 0.5) is 4.79 Å². The summed E-state index contributed by atoms with van der Waals surface area (Å²) in [4.78, 5) is 22.8. The van der Waals surface area contributed by atoms with E-state index in [1.807, 2.05) is 13.8 Å². The number of carbonyl (C=O) groups is 2. The molecule has 2 unspecified atom stereocenters. The largest absolute Gasteiger partial charge is 0.480 e. The SMILES string of the molecule is CCC(C)[C@H](NC(=O)NCC(C)C(C)(C)C)C(=O)O. The average Bonchev–Trinajstić information content (AvgIpc) is 2.30. The van der Waals surface area contributed by atoms with Gasteiger partial charge < -0.3 is 15.7 Å². The summed E-state index contributed by atoms with van der Waals surface area (Å²) in [5, 5.41) is 14.4. The molecule has 3 N–H and O–H groups in total. The zero-order valence-corrected chi connectivity index (χ0v) is 12.9. The molecule has 2 amide bonds. The van der Waals surface area contributed by atoms with E-state index in [0.717, 1.165) is 0 Å². The van der Waals surface area contributed by atoms with Gasteiger partial charge in [-0.05, 0) is 17.3 Å². The third-order valence-corrected chi connectivity index (χ3v) is 3.81. The first kappa shape index (κ1) is 17.7. The summed E-state index contributed by atoms with van der Waals surface area (Å²) in [6.45, 7) is 12.6. The molecule has 5 heteroatoms. The number of rotatable bonds is 6. The first-order valence-electron chi connectivity index (χ1n) is 6.86. The lowest BCUT2D eigenvalue weighted by Crippen LogP contribution is -2.50. The van der Waals surface area contributed by atoms with E-state index in [1.165, 1.54) is 0 Å². The zero-order valence-electron chi connectivity index (χ0n) is 12.9. The number of hydrogen-bond donors (Lipinski definition) is 3. The molecule has 0 aromatic heterocycles. The van der Waals surface area contributed by atoms with Crippen molar-refractivity contribution >= 4 is 12.0 Å². The fraction of sp³-hybridized carbons (Fsp3) is 0.857. The van der Waals surface area contributed by atoms with E-state index in [-0.39, 0.29) is 11.3 Å². The standard InChI is InChI=1S/C14H28N2O3/c1-7-9(2)11(12(17)18)16-13(19)15-8-10(3)14(4,5)6/h9-11H,7-8H2,1-6H3,(H,17,18)(H2,15,16,19)/t9?,10?,11-/m0/s1. The van der Waals surface area contributed by atoms with Gasteiger partial charge in [-0.25, -0.2) is 9.59 Å². The average molecular weight is 272 g/mol. The molecule has 3 atom stereocenters. The molecule has 0 spiro atoms. The maximum absolute atomic E-state index is 11.7. The number of aliphatic carboxylic acids is 1. The van der Waals surface area contributed by atoms with Gasteiger partial charge in [-0.15, -0.1) is 0 Å². The second-order valence-corrected chi connectivity index (χ2v) is 6.32. The first-order valence-corrected chi connectivity index (χ1v) is 6.86. The monoisotopic (exact) mass is 272 g/mol. The highest BCUT2D eigenvalue weighted by atomic mass is 16.4. The summed E-state index contributed by atoms with van der Waals surface area (Å²) in [5.41, 5.74) is 0.107. The summed E-state index contributed by atoms with van der Waals surface area (Å²) < 4.78 is 0. The zero-order chi connectivity index (χ0) is 15.2. The van der Waals surface area contributed by atoms with Gasteiger partial charge in [-0.2, -0.15) is 0 Å². The number of hydrogen-bond acceptors (Lipinski definition) is 2. The Kier molecular flexibility index (Phi) is 6.87. The van der Waals surface area contributed by atoms with Crippen LogP contribution < -0.4 is 10.6 Å². The molecule has 0 radical (unpaired) electrons. The van der Waals surface area contributed by atoms with Gasteiger partial charge in [-0.3, -0.25) is 0 Å². The van der Waals surface area contributed by atoms with Crippen LogP contribution in [0.5, 0.6) is 0 Å². The number of amides is 2. The van der Waals surface area contributed by atoms with Gasteiger partial charge in [0, 0.05) is 6.54 Å². The number of nitrogens with one attached hydrogen (secondary N) is 2. The van der Waals surface area contributed by atoms with Crippen LogP contribution in [0.25, 0.3) is 0 Å². The predicted octanol–water partition coefficient (Wildman–Crippen LogP) is 2.47. The highest BCUT2D eigenvalue weighted by molar-refractivity contribution is 5.82. The van der Waals surface area contributed by atoms with E-state index >= 15 is 0 Å². The minimum atomic E-state index is -0.992. The molecule has 19 heavy (non-hydrogen) atoms. The normalized spacial score (nSPS) is 16.3. The maximum Gasteiger partial charge on any atom is 0.326 e. The van der Waals surface area contributed by atoms with Crippen LogP contribution in [-0.2, 0) is 4.79 Å². The van der Waals surface area contributed by atoms with Crippen LogP contribution in [0.15, 0.2) is 0 Å². The smallest absolute Gasteiger partial charge is 0.326 e. The first-order chi connectivity index (χ1) is 8.59. The topological polar surface area (TPSA) is 78.4 Å². The Morgan fingerprint density at radius 3 is 2.11 bits per heavy atom. The fourth-order valence-corrected chi connectivity index (χ4v) is 1.43. The van der Waals surface area contributed by atoms with Crippen LogP contribution in [0, 0.1) is 17.3 Å². The van der Waals surface area contributed by atoms with Crippen molar-refractivity contribution in [3.63, 3.8) is 0 Å². The van der Waals surface area contributed by atoms with E-state index in [2.05, 4.69) is 38.3 Å². The predicted molar refractivity (Wildman–Crippen MR) is 76.0 cm³/mol. The van der Waals surface area contributed by atoms with Crippen molar-refractivity contribution in [2.45, 2.75) is 54.0 Å². The van der Waals surface area contributed by atoms with Crippen LogP contribution >= 0.6 is 0 Å². The van der Waals surface area contributed by atoms with E-state index in [4.69, 9.17) is 5.11 Å². The third-order valence-electron chi connectivity index (χ3n) is 3.81. The Bertz CT molecular complexity index is 310. The number of carboxylic acid groups (broad SMARTS) is 1. The van der Waals surface area contributed by atoms with Crippen molar-refractivity contribution in [2.24, 2.45) is 17.3 Å². The van der Waals surface area contributed by atoms with Crippen molar-refractivity contribution in [1.29, 1.82) is 0 Å². The van der Waals surface area contributed by atoms with Gasteiger partial charge in [0.2, 0.25) is 0 Å². The minimum absolute atomic E-state index is 0.0942. The van der Waals surface area contributed by atoms with E-state index in [1.54, 1.807) is 0 Å². The van der Waals surface area contributed by atoms with Crippen LogP contribution in [-0.4, -0.2) is 29.7 Å². The molecule has 0 aliphatic rings. The van der Waals surface area contributed by atoms with Crippen LogP contribution in [0.2, 0.25) is 0 Å². The molecule has 0 aromatic carbocycles. The third kappa shape index (κ3) is 6.45. The molecule has 0 aromatic rings. The molecule has 0 fully saturated rings. The van der Waals surface area contributed by atoms with Gasteiger partial charge in [0.05, 0.1) is 0 Å². The molecule has 5 nitrogen and oxygen atoms in total. The molecule has 0 heterocycles. The summed E-state index contributed by atoms with van der Waals surface area (Å²) >= 11 is 0. The summed E-state index contributed by atoms with van der Waals surface area (Å²) in [6.07, 6.45) is 0.704. The molecule has 0 aliphatic carbocycles. The fourth-order valence-electron chi connectivity index (χ4n) is 1.43. The van der Waals surface area contributed by atoms with Gasteiger partial charge in [0.1, 0.15) is 6.04 Å². The molecule has 0 saturated carbocycles. The lowest BCUT2D eigenvalue weighted by Gasteiger charge is -2.28.